The maximum absolute atomic E-state index is 11.2. The van der Waals surface area contributed by atoms with Gasteiger partial charge < -0.3 is 0 Å². The van der Waals surface area contributed by atoms with Gasteiger partial charge in [-0.15, -0.1) is 0 Å². The molecule has 4 nitrogen and oxygen atoms in total. The Morgan fingerprint density at radius 3 is 2.60 bits per heavy atom. The largest absolute Gasteiger partial charge is 0.261 e. The van der Waals surface area contributed by atoms with E-state index in [1.807, 2.05) is 0 Å². The van der Waals surface area contributed by atoms with Crippen LogP contribution in [-0.4, -0.2) is 18.0 Å². The van der Waals surface area contributed by atoms with Gasteiger partial charge in [-0.25, -0.2) is 12.9 Å². The predicted octanol–water partition coefficient (Wildman–Crippen LogP) is 2.79. The Morgan fingerprint density at radius 2 is 2.00 bits per heavy atom. The third-order valence-corrected chi connectivity index (χ3v) is 4.29. The SMILES string of the molecule is O=S(=O)(Cl)c1cc(Br)n2ncc(Br)c2c1. The van der Waals surface area contributed by atoms with Gasteiger partial charge in [0.05, 0.1) is 21.1 Å². The Bertz CT molecular complexity index is 638. The van der Waals surface area contributed by atoms with E-state index in [1.54, 1.807) is 10.7 Å². The number of hydrogen-bond acceptors (Lipinski definition) is 3. The fraction of sp³-hybridized carbons (Fsp3) is 0. The monoisotopic (exact) mass is 372 g/mol. The zero-order chi connectivity index (χ0) is 11.2. The zero-order valence-electron chi connectivity index (χ0n) is 6.99. The van der Waals surface area contributed by atoms with Gasteiger partial charge in [-0.2, -0.15) is 5.10 Å². The van der Waals surface area contributed by atoms with Crippen LogP contribution in [-0.2, 0) is 9.05 Å². The summed E-state index contributed by atoms with van der Waals surface area (Å²) in [6.07, 6.45) is 1.57. The molecule has 2 heterocycles. The number of aromatic nitrogens is 2. The van der Waals surface area contributed by atoms with Crippen LogP contribution in [0.1, 0.15) is 0 Å². The molecular weight excluding hydrogens is 371 g/mol. The minimum Gasteiger partial charge on any atom is -0.225 e. The molecule has 0 saturated heterocycles. The van der Waals surface area contributed by atoms with Gasteiger partial charge in [0.1, 0.15) is 4.60 Å². The summed E-state index contributed by atoms with van der Waals surface area (Å²) in [7, 11) is 1.53. The lowest BCUT2D eigenvalue weighted by atomic mass is 10.4. The summed E-state index contributed by atoms with van der Waals surface area (Å²) in [6, 6.07) is 2.85. The van der Waals surface area contributed by atoms with Crippen LogP contribution >= 0.6 is 42.5 Å². The lowest BCUT2D eigenvalue weighted by molar-refractivity contribution is 0.609. The van der Waals surface area contributed by atoms with E-state index in [-0.39, 0.29) is 4.90 Å². The highest BCUT2D eigenvalue weighted by Crippen LogP contribution is 2.26. The standard InChI is InChI=1S/C7H3Br2ClN2O2S/c8-5-3-11-12-6(5)1-4(2-7(12)9)15(10,13)14/h1-3H. The second kappa shape index (κ2) is 3.73. The van der Waals surface area contributed by atoms with Crippen molar-refractivity contribution < 1.29 is 8.42 Å². The van der Waals surface area contributed by atoms with Crippen LogP contribution in [0.3, 0.4) is 0 Å². The number of hydrogen-bond donors (Lipinski definition) is 0. The average molecular weight is 374 g/mol. The van der Waals surface area contributed by atoms with Crippen molar-refractivity contribution in [1.82, 2.24) is 9.61 Å². The third kappa shape index (κ3) is 2.06. The predicted molar refractivity (Wildman–Crippen MR) is 63.6 cm³/mol. The van der Waals surface area contributed by atoms with E-state index >= 15 is 0 Å². The molecule has 0 radical (unpaired) electrons. The molecule has 0 aliphatic rings. The normalized spacial score (nSPS) is 12.2. The van der Waals surface area contributed by atoms with Crippen LogP contribution in [0.5, 0.6) is 0 Å². The molecule has 15 heavy (non-hydrogen) atoms. The number of nitrogens with zero attached hydrogens (tertiary/aromatic N) is 2. The van der Waals surface area contributed by atoms with Crippen LogP contribution in [0.25, 0.3) is 5.52 Å². The molecule has 0 atom stereocenters. The molecule has 0 unspecified atom stereocenters. The maximum Gasteiger partial charge on any atom is 0.261 e. The van der Waals surface area contributed by atoms with Gasteiger partial charge >= 0.3 is 0 Å². The van der Waals surface area contributed by atoms with E-state index in [4.69, 9.17) is 10.7 Å². The molecule has 2 aromatic heterocycles. The summed E-state index contributed by atoms with van der Waals surface area (Å²) in [4.78, 5) is 0.0322. The Balaban J connectivity index is 2.88. The molecule has 0 amide bonds. The molecule has 0 N–H and O–H groups in total. The fourth-order valence-electron chi connectivity index (χ4n) is 1.13. The van der Waals surface area contributed by atoms with Crippen LogP contribution < -0.4 is 0 Å². The van der Waals surface area contributed by atoms with Gasteiger partial charge in [-0.05, 0) is 44.0 Å². The zero-order valence-corrected chi connectivity index (χ0v) is 11.7. The van der Waals surface area contributed by atoms with Gasteiger partial charge in [0.15, 0.2) is 0 Å². The van der Waals surface area contributed by atoms with Gasteiger partial charge in [-0.3, -0.25) is 0 Å². The molecule has 0 spiro atoms. The summed E-state index contributed by atoms with van der Waals surface area (Å²) < 4.78 is 25.1. The van der Waals surface area contributed by atoms with E-state index in [0.29, 0.717) is 14.6 Å². The first-order valence-corrected chi connectivity index (χ1v) is 7.56. The van der Waals surface area contributed by atoms with Gasteiger partial charge in [0.2, 0.25) is 0 Å². The van der Waals surface area contributed by atoms with Crippen LogP contribution in [0.4, 0.5) is 0 Å². The first-order chi connectivity index (χ1) is 6.89. The van der Waals surface area contributed by atoms with Crippen molar-refractivity contribution in [1.29, 1.82) is 0 Å². The van der Waals surface area contributed by atoms with Crippen molar-refractivity contribution in [2.75, 3.05) is 0 Å². The van der Waals surface area contributed by atoms with E-state index in [9.17, 15) is 8.42 Å². The van der Waals surface area contributed by atoms with Crippen molar-refractivity contribution >= 4 is 57.1 Å². The van der Waals surface area contributed by atoms with E-state index in [2.05, 4.69) is 37.0 Å². The molecule has 80 valence electrons. The highest BCUT2D eigenvalue weighted by Gasteiger charge is 2.14. The second-order valence-electron chi connectivity index (χ2n) is 2.74. The summed E-state index contributed by atoms with van der Waals surface area (Å²) in [5.74, 6) is 0. The minimum absolute atomic E-state index is 0.0322. The lowest BCUT2D eigenvalue weighted by Crippen LogP contribution is -1.96. The molecule has 2 rings (SSSR count). The first-order valence-electron chi connectivity index (χ1n) is 3.67. The summed E-state index contributed by atoms with van der Waals surface area (Å²) in [5, 5.41) is 4.03. The Kier molecular flexibility index (Phi) is 2.83. The quantitative estimate of drug-likeness (QED) is 0.570. The smallest absolute Gasteiger partial charge is 0.225 e. The highest BCUT2D eigenvalue weighted by atomic mass is 79.9. The van der Waals surface area contributed by atoms with E-state index < -0.39 is 9.05 Å². The van der Waals surface area contributed by atoms with Crippen LogP contribution in [0.2, 0.25) is 0 Å². The first kappa shape index (κ1) is 11.4. The molecule has 0 bridgehead atoms. The van der Waals surface area contributed by atoms with Gasteiger partial charge in [0.25, 0.3) is 9.05 Å². The molecule has 0 aliphatic carbocycles. The van der Waals surface area contributed by atoms with Crippen molar-refractivity contribution in [3.05, 3.63) is 27.4 Å². The molecule has 0 fully saturated rings. The molecule has 8 heteroatoms. The number of halogens is 3. The van der Waals surface area contributed by atoms with Crippen molar-refractivity contribution in [3.63, 3.8) is 0 Å². The number of fused-ring (bicyclic) bond motifs is 1. The summed E-state index contributed by atoms with van der Waals surface area (Å²) in [6.45, 7) is 0. The molecular formula is C7H3Br2ClN2O2S. The maximum atomic E-state index is 11.2. The Morgan fingerprint density at radius 1 is 1.33 bits per heavy atom. The average Bonchev–Trinajstić information content (AvgIpc) is 2.47. The molecule has 0 aromatic carbocycles. The molecule has 2 aromatic rings. The van der Waals surface area contributed by atoms with Gasteiger partial charge in [-0.1, -0.05) is 0 Å². The van der Waals surface area contributed by atoms with Crippen LogP contribution in [0.15, 0.2) is 32.3 Å². The number of pyridine rings is 1. The topological polar surface area (TPSA) is 51.4 Å². The Labute approximate surface area is 107 Å². The molecule has 0 aliphatic heterocycles. The van der Waals surface area contributed by atoms with Gasteiger partial charge in [0, 0.05) is 10.7 Å². The van der Waals surface area contributed by atoms with Crippen LogP contribution in [0, 0.1) is 0 Å². The third-order valence-electron chi connectivity index (χ3n) is 1.78. The molecule has 0 saturated carbocycles. The highest BCUT2D eigenvalue weighted by molar-refractivity contribution is 9.11. The fourth-order valence-corrected chi connectivity index (χ4v) is 2.96. The summed E-state index contributed by atoms with van der Waals surface area (Å²) >= 11 is 6.47. The van der Waals surface area contributed by atoms with Crippen molar-refractivity contribution in [2.24, 2.45) is 0 Å². The van der Waals surface area contributed by atoms with E-state index in [1.165, 1.54) is 12.1 Å². The number of rotatable bonds is 1. The van der Waals surface area contributed by atoms with Crippen molar-refractivity contribution in [3.8, 4) is 0 Å². The van der Waals surface area contributed by atoms with Crippen molar-refractivity contribution in [2.45, 2.75) is 4.90 Å². The van der Waals surface area contributed by atoms with E-state index in [0.717, 1.165) is 0 Å². The second-order valence-corrected chi connectivity index (χ2v) is 6.97. The lowest BCUT2D eigenvalue weighted by Gasteiger charge is -2.01. The Hall–Kier alpha value is -0.110. The minimum atomic E-state index is -3.73. The summed E-state index contributed by atoms with van der Waals surface area (Å²) in [5.41, 5.74) is 0.628.